The number of hydrogen-bond donors (Lipinski definition) is 2. The number of piperazine rings is 1. The van der Waals surface area contributed by atoms with Crippen LogP contribution in [0.1, 0.15) is 27.7 Å². The summed E-state index contributed by atoms with van der Waals surface area (Å²) in [5, 5.41) is 6.97. The van der Waals surface area contributed by atoms with Crippen LogP contribution in [0, 0.1) is 0 Å². The van der Waals surface area contributed by atoms with Crippen molar-refractivity contribution in [2.45, 2.75) is 38.8 Å². The third-order valence-corrected chi connectivity index (χ3v) is 2.02. The van der Waals surface area contributed by atoms with Gasteiger partial charge in [0.25, 0.3) is 0 Å². The number of halogens is 2. The van der Waals surface area contributed by atoms with E-state index in [0.717, 1.165) is 13.1 Å². The lowest BCUT2D eigenvalue weighted by molar-refractivity contribution is 0.218. The van der Waals surface area contributed by atoms with Crippen LogP contribution in [0.4, 0.5) is 0 Å². The third kappa shape index (κ3) is 4.51. The summed E-state index contributed by atoms with van der Waals surface area (Å²) < 4.78 is 0. The van der Waals surface area contributed by atoms with E-state index >= 15 is 0 Å². The number of hydrogen-bond acceptors (Lipinski definition) is 2. The molecule has 0 bridgehead atoms. The minimum atomic E-state index is 0. The van der Waals surface area contributed by atoms with Crippen molar-refractivity contribution in [1.29, 1.82) is 0 Å². The zero-order valence-corrected chi connectivity index (χ0v) is 9.86. The van der Waals surface area contributed by atoms with E-state index in [1.165, 1.54) is 0 Å². The van der Waals surface area contributed by atoms with Crippen molar-refractivity contribution in [2.24, 2.45) is 0 Å². The standard InChI is InChI=1S/C8H18N2.2ClH/c1-7(2)5-10-8(3,4)6-9-7;;/h9-10H,5-6H2,1-4H3;2*1H. The Balaban J connectivity index is 0. The predicted molar refractivity (Wildman–Crippen MR) is 58.7 cm³/mol. The second kappa shape index (κ2) is 4.66. The highest BCUT2D eigenvalue weighted by atomic mass is 35.5. The Morgan fingerprint density at radius 3 is 1.17 bits per heavy atom. The van der Waals surface area contributed by atoms with Gasteiger partial charge in [0.15, 0.2) is 0 Å². The van der Waals surface area contributed by atoms with Crippen LogP contribution in [0.25, 0.3) is 0 Å². The average Bonchev–Trinajstić information content (AvgIpc) is 1.79. The van der Waals surface area contributed by atoms with E-state index in [9.17, 15) is 0 Å². The van der Waals surface area contributed by atoms with Crippen LogP contribution >= 0.6 is 24.8 Å². The molecule has 0 aromatic heterocycles. The molecule has 1 fully saturated rings. The minimum Gasteiger partial charge on any atom is -0.309 e. The molecule has 0 aromatic carbocycles. The Labute approximate surface area is 87.7 Å². The van der Waals surface area contributed by atoms with Gasteiger partial charge in [0.1, 0.15) is 0 Å². The Hall–Kier alpha value is 0.500. The maximum Gasteiger partial charge on any atom is 0.0250 e. The van der Waals surface area contributed by atoms with Crippen molar-refractivity contribution in [3.8, 4) is 0 Å². The van der Waals surface area contributed by atoms with E-state index in [1.807, 2.05) is 0 Å². The van der Waals surface area contributed by atoms with Crippen LogP contribution in [-0.4, -0.2) is 24.2 Å². The zero-order chi connectivity index (χ0) is 7.83. The first kappa shape index (κ1) is 15.0. The summed E-state index contributed by atoms with van der Waals surface area (Å²) in [5.41, 5.74) is 0.547. The van der Waals surface area contributed by atoms with E-state index < -0.39 is 0 Å². The van der Waals surface area contributed by atoms with Gasteiger partial charge in [-0.15, -0.1) is 24.8 Å². The van der Waals surface area contributed by atoms with Crippen LogP contribution in [0.3, 0.4) is 0 Å². The van der Waals surface area contributed by atoms with E-state index in [0.29, 0.717) is 0 Å². The van der Waals surface area contributed by atoms with Gasteiger partial charge in [0.2, 0.25) is 0 Å². The molecule has 4 heteroatoms. The highest BCUT2D eigenvalue weighted by Gasteiger charge is 2.29. The van der Waals surface area contributed by atoms with Gasteiger partial charge in [-0.25, -0.2) is 0 Å². The lowest BCUT2D eigenvalue weighted by Crippen LogP contribution is -2.64. The van der Waals surface area contributed by atoms with Gasteiger partial charge in [-0.3, -0.25) is 0 Å². The first-order chi connectivity index (χ1) is 4.41. The molecule has 1 aliphatic rings. The summed E-state index contributed by atoms with van der Waals surface area (Å²) >= 11 is 0. The SMILES string of the molecule is CC1(C)CNC(C)(C)CN1.Cl.Cl. The quantitative estimate of drug-likeness (QED) is 0.641. The average molecular weight is 215 g/mol. The first-order valence-corrected chi connectivity index (χ1v) is 3.91. The predicted octanol–water partition coefficient (Wildman–Crippen LogP) is 1.58. The van der Waals surface area contributed by atoms with Crippen LogP contribution in [0.15, 0.2) is 0 Å². The molecule has 0 atom stereocenters. The second-order valence-electron chi connectivity index (χ2n) is 4.47. The third-order valence-electron chi connectivity index (χ3n) is 2.02. The lowest BCUT2D eigenvalue weighted by Gasteiger charge is -2.41. The van der Waals surface area contributed by atoms with E-state index in [1.54, 1.807) is 0 Å². The molecule has 1 heterocycles. The molecule has 76 valence electrons. The molecule has 0 saturated carbocycles. The molecule has 1 rings (SSSR count). The minimum absolute atomic E-state index is 0. The van der Waals surface area contributed by atoms with Crippen molar-refractivity contribution in [3.63, 3.8) is 0 Å². The van der Waals surface area contributed by atoms with Crippen LogP contribution in [0.5, 0.6) is 0 Å². The van der Waals surface area contributed by atoms with Gasteiger partial charge in [0, 0.05) is 24.2 Å². The summed E-state index contributed by atoms with van der Waals surface area (Å²) in [6, 6.07) is 0. The fraction of sp³-hybridized carbons (Fsp3) is 1.00. The molecule has 0 aromatic rings. The number of rotatable bonds is 0. The number of nitrogens with one attached hydrogen (secondary N) is 2. The molecule has 0 radical (unpaired) electrons. The lowest BCUT2D eigenvalue weighted by atomic mass is 9.95. The first-order valence-electron chi connectivity index (χ1n) is 3.91. The van der Waals surface area contributed by atoms with Crippen molar-refractivity contribution in [3.05, 3.63) is 0 Å². The summed E-state index contributed by atoms with van der Waals surface area (Å²) in [7, 11) is 0. The highest BCUT2D eigenvalue weighted by Crippen LogP contribution is 2.11. The smallest absolute Gasteiger partial charge is 0.0250 e. The van der Waals surface area contributed by atoms with E-state index in [2.05, 4.69) is 38.3 Å². The second-order valence-corrected chi connectivity index (χ2v) is 4.47. The van der Waals surface area contributed by atoms with Gasteiger partial charge in [-0.1, -0.05) is 0 Å². The zero-order valence-electron chi connectivity index (χ0n) is 8.23. The Kier molecular flexibility index (Phi) is 5.82. The molecule has 1 saturated heterocycles. The van der Waals surface area contributed by atoms with E-state index in [4.69, 9.17) is 0 Å². The highest BCUT2D eigenvalue weighted by molar-refractivity contribution is 5.85. The molecule has 0 aliphatic carbocycles. The molecule has 2 nitrogen and oxygen atoms in total. The topological polar surface area (TPSA) is 24.1 Å². The molecule has 0 amide bonds. The molecule has 12 heavy (non-hydrogen) atoms. The van der Waals surface area contributed by atoms with Crippen molar-refractivity contribution < 1.29 is 0 Å². The van der Waals surface area contributed by atoms with Crippen molar-refractivity contribution in [1.82, 2.24) is 10.6 Å². The monoisotopic (exact) mass is 214 g/mol. The fourth-order valence-electron chi connectivity index (χ4n) is 1.05. The van der Waals surface area contributed by atoms with Crippen LogP contribution in [0.2, 0.25) is 0 Å². The van der Waals surface area contributed by atoms with Crippen LogP contribution < -0.4 is 10.6 Å². The van der Waals surface area contributed by atoms with E-state index in [-0.39, 0.29) is 35.9 Å². The Morgan fingerprint density at radius 2 is 1.00 bits per heavy atom. The maximum atomic E-state index is 3.49. The van der Waals surface area contributed by atoms with Gasteiger partial charge < -0.3 is 10.6 Å². The van der Waals surface area contributed by atoms with Gasteiger partial charge >= 0.3 is 0 Å². The normalized spacial score (nSPS) is 25.0. The molecular weight excluding hydrogens is 195 g/mol. The summed E-state index contributed by atoms with van der Waals surface area (Å²) in [6.07, 6.45) is 0. The van der Waals surface area contributed by atoms with Gasteiger partial charge in [-0.05, 0) is 27.7 Å². The van der Waals surface area contributed by atoms with Gasteiger partial charge in [-0.2, -0.15) is 0 Å². The molecule has 0 spiro atoms. The summed E-state index contributed by atoms with van der Waals surface area (Å²) in [4.78, 5) is 0. The largest absolute Gasteiger partial charge is 0.309 e. The summed E-state index contributed by atoms with van der Waals surface area (Å²) in [6.45, 7) is 11.0. The Morgan fingerprint density at radius 1 is 0.750 bits per heavy atom. The van der Waals surface area contributed by atoms with Crippen molar-refractivity contribution >= 4 is 24.8 Å². The molecule has 1 aliphatic heterocycles. The van der Waals surface area contributed by atoms with Crippen molar-refractivity contribution in [2.75, 3.05) is 13.1 Å². The fourth-order valence-corrected chi connectivity index (χ4v) is 1.05. The molecular formula is C8H20Cl2N2. The maximum absolute atomic E-state index is 3.49. The molecule has 0 unspecified atom stereocenters. The molecule has 2 N–H and O–H groups in total. The Bertz CT molecular complexity index is 107. The van der Waals surface area contributed by atoms with Crippen LogP contribution in [-0.2, 0) is 0 Å². The van der Waals surface area contributed by atoms with Gasteiger partial charge in [0.05, 0.1) is 0 Å². The summed E-state index contributed by atoms with van der Waals surface area (Å²) in [5.74, 6) is 0.